The summed E-state index contributed by atoms with van der Waals surface area (Å²) in [5.74, 6) is -1.46. The molecule has 1 fully saturated rings. The molecule has 96 valence electrons. The molecule has 1 aliphatic heterocycles. The van der Waals surface area contributed by atoms with Crippen molar-refractivity contribution in [1.29, 1.82) is 0 Å². The Morgan fingerprint density at radius 1 is 1.35 bits per heavy atom. The molecule has 0 unspecified atom stereocenters. The van der Waals surface area contributed by atoms with E-state index in [9.17, 15) is 4.79 Å². The van der Waals surface area contributed by atoms with Crippen LogP contribution >= 0.6 is 0 Å². The highest BCUT2D eigenvalue weighted by Gasteiger charge is 2.39. The fourth-order valence-corrected chi connectivity index (χ4v) is 1.80. The van der Waals surface area contributed by atoms with Crippen LogP contribution in [0, 0.1) is 0 Å². The third-order valence-corrected chi connectivity index (χ3v) is 2.47. The minimum Gasteiger partial charge on any atom is -0.481 e. The van der Waals surface area contributed by atoms with Crippen molar-refractivity contribution in [3.63, 3.8) is 0 Å². The van der Waals surface area contributed by atoms with Crippen LogP contribution in [0.5, 0.6) is 0 Å². The molecule has 1 rings (SSSR count). The molecule has 1 aliphatic rings. The number of allylic oxidation sites excluding steroid dienone is 3. The molecule has 0 aromatic heterocycles. The number of hydrogen-bond donors (Lipinski definition) is 1. The van der Waals surface area contributed by atoms with E-state index in [1.165, 1.54) is 0 Å². The molecule has 0 saturated carbocycles. The van der Waals surface area contributed by atoms with Gasteiger partial charge in [-0.2, -0.15) is 0 Å². The summed E-state index contributed by atoms with van der Waals surface area (Å²) in [6, 6.07) is 0. The molecular formula is C13H20O4. The molecule has 0 radical (unpaired) electrons. The Bertz CT molecular complexity index is 317. The van der Waals surface area contributed by atoms with Crippen molar-refractivity contribution in [2.75, 3.05) is 0 Å². The van der Waals surface area contributed by atoms with E-state index in [1.54, 1.807) is 0 Å². The number of rotatable bonds is 5. The molecule has 4 heteroatoms. The number of carboxylic acids is 1. The normalized spacial score (nSPS) is 28.2. The van der Waals surface area contributed by atoms with Crippen LogP contribution in [0.3, 0.4) is 0 Å². The second kappa shape index (κ2) is 5.98. The van der Waals surface area contributed by atoms with Gasteiger partial charge in [-0.1, -0.05) is 24.3 Å². The van der Waals surface area contributed by atoms with Gasteiger partial charge in [-0.15, -0.1) is 0 Å². The number of hydrogen-bond acceptors (Lipinski definition) is 3. The van der Waals surface area contributed by atoms with E-state index in [-0.39, 0.29) is 18.6 Å². The van der Waals surface area contributed by atoms with Gasteiger partial charge in [-0.25, -0.2) is 0 Å². The molecule has 1 N–H and O–H groups in total. The first-order valence-electron chi connectivity index (χ1n) is 5.81. The second-order valence-corrected chi connectivity index (χ2v) is 4.48. The molecule has 0 amide bonds. The topological polar surface area (TPSA) is 55.8 Å². The molecule has 1 heterocycles. The maximum absolute atomic E-state index is 10.6. The van der Waals surface area contributed by atoms with Gasteiger partial charge < -0.3 is 14.6 Å². The van der Waals surface area contributed by atoms with Gasteiger partial charge in [-0.3, -0.25) is 4.79 Å². The summed E-state index contributed by atoms with van der Waals surface area (Å²) in [5, 5.41) is 8.68. The zero-order valence-corrected chi connectivity index (χ0v) is 10.6. The fourth-order valence-electron chi connectivity index (χ4n) is 1.80. The van der Waals surface area contributed by atoms with Crippen LogP contribution in [0.25, 0.3) is 0 Å². The highest BCUT2D eigenvalue weighted by molar-refractivity contribution is 5.66. The summed E-state index contributed by atoms with van der Waals surface area (Å²) in [7, 11) is 0. The summed E-state index contributed by atoms with van der Waals surface area (Å²) in [4.78, 5) is 10.6. The minimum absolute atomic E-state index is 0.0953. The summed E-state index contributed by atoms with van der Waals surface area (Å²) in [5.41, 5.74) is 0. The van der Waals surface area contributed by atoms with Crippen molar-refractivity contribution >= 4 is 5.97 Å². The molecule has 0 aliphatic carbocycles. The monoisotopic (exact) mass is 240 g/mol. The lowest BCUT2D eigenvalue weighted by Crippen LogP contribution is -2.22. The largest absolute Gasteiger partial charge is 0.481 e. The highest BCUT2D eigenvalue weighted by Crippen LogP contribution is 2.31. The van der Waals surface area contributed by atoms with Crippen molar-refractivity contribution in [3.8, 4) is 0 Å². The lowest BCUT2D eigenvalue weighted by Gasteiger charge is -2.16. The Hall–Kier alpha value is -1.13. The lowest BCUT2D eigenvalue weighted by atomic mass is 10.1. The van der Waals surface area contributed by atoms with E-state index in [0.717, 1.165) is 0 Å². The lowest BCUT2D eigenvalue weighted by molar-refractivity contribution is -0.147. The van der Waals surface area contributed by atoms with Crippen LogP contribution in [0.15, 0.2) is 24.3 Å². The van der Waals surface area contributed by atoms with Crippen molar-refractivity contribution in [1.82, 2.24) is 0 Å². The first-order valence-corrected chi connectivity index (χ1v) is 5.81. The Morgan fingerprint density at radius 3 is 2.65 bits per heavy atom. The van der Waals surface area contributed by atoms with Crippen LogP contribution in [-0.2, 0) is 14.3 Å². The quantitative estimate of drug-likeness (QED) is 0.750. The van der Waals surface area contributed by atoms with Gasteiger partial charge in [-0.05, 0) is 27.2 Å². The van der Waals surface area contributed by atoms with E-state index < -0.39 is 11.8 Å². The van der Waals surface area contributed by atoms with Crippen molar-refractivity contribution in [2.24, 2.45) is 0 Å². The van der Waals surface area contributed by atoms with Crippen LogP contribution < -0.4 is 0 Å². The number of carboxylic acid groups (broad SMARTS) is 1. The molecule has 4 nitrogen and oxygen atoms in total. The van der Waals surface area contributed by atoms with Crippen molar-refractivity contribution in [2.45, 2.75) is 51.6 Å². The maximum atomic E-state index is 10.6. The third kappa shape index (κ3) is 4.71. The average Bonchev–Trinajstić information content (AvgIpc) is 2.51. The van der Waals surface area contributed by atoms with Gasteiger partial charge in [0.1, 0.15) is 6.10 Å². The highest BCUT2D eigenvalue weighted by atomic mass is 16.7. The number of aliphatic carboxylic acids is 1. The van der Waals surface area contributed by atoms with Gasteiger partial charge >= 0.3 is 5.97 Å². The summed E-state index contributed by atoms with van der Waals surface area (Å²) < 4.78 is 11.4. The van der Waals surface area contributed by atoms with Gasteiger partial charge in [0.25, 0.3) is 0 Å². The molecule has 1 saturated heterocycles. The SMILES string of the molecule is C/C=C/C=C\[C@@H]1OC(C)(C)O[C@H]1CCC(=O)O. The maximum Gasteiger partial charge on any atom is 0.303 e. The van der Waals surface area contributed by atoms with E-state index in [2.05, 4.69) is 0 Å². The van der Waals surface area contributed by atoms with E-state index in [1.807, 2.05) is 45.1 Å². The fraction of sp³-hybridized carbons (Fsp3) is 0.615. The van der Waals surface area contributed by atoms with Crippen LogP contribution in [-0.4, -0.2) is 29.1 Å². The van der Waals surface area contributed by atoms with E-state index in [0.29, 0.717) is 6.42 Å². The predicted octanol–water partition coefficient (Wildman–Crippen LogP) is 2.50. The molecule has 0 aromatic carbocycles. The molecule has 0 bridgehead atoms. The Labute approximate surface area is 102 Å². The van der Waals surface area contributed by atoms with Gasteiger partial charge in [0.05, 0.1) is 6.10 Å². The first-order chi connectivity index (χ1) is 7.94. The standard InChI is InChI=1S/C13H20O4/c1-4-5-6-7-10-11(8-9-12(14)15)17-13(2,3)16-10/h4-7,10-11H,8-9H2,1-3H3,(H,14,15)/b5-4+,7-6-/t10-,11-/m0/s1. The van der Waals surface area contributed by atoms with Gasteiger partial charge in [0, 0.05) is 6.42 Å². The van der Waals surface area contributed by atoms with Crippen LogP contribution in [0.4, 0.5) is 0 Å². The van der Waals surface area contributed by atoms with Crippen LogP contribution in [0.2, 0.25) is 0 Å². The zero-order chi connectivity index (χ0) is 12.9. The third-order valence-electron chi connectivity index (χ3n) is 2.47. The number of ether oxygens (including phenoxy) is 2. The van der Waals surface area contributed by atoms with Crippen molar-refractivity contribution < 1.29 is 19.4 Å². The van der Waals surface area contributed by atoms with E-state index >= 15 is 0 Å². The van der Waals surface area contributed by atoms with Gasteiger partial charge in [0.15, 0.2) is 5.79 Å². The Kier molecular flexibility index (Phi) is 4.90. The van der Waals surface area contributed by atoms with Gasteiger partial charge in [0.2, 0.25) is 0 Å². The molecule has 2 atom stereocenters. The smallest absolute Gasteiger partial charge is 0.303 e. The Morgan fingerprint density at radius 2 is 2.06 bits per heavy atom. The van der Waals surface area contributed by atoms with Crippen molar-refractivity contribution in [3.05, 3.63) is 24.3 Å². The summed E-state index contributed by atoms with van der Waals surface area (Å²) in [6.45, 7) is 5.61. The number of carbonyl (C=O) groups is 1. The van der Waals surface area contributed by atoms with E-state index in [4.69, 9.17) is 14.6 Å². The summed E-state index contributed by atoms with van der Waals surface area (Å²) >= 11 is 0. The molecule has 0 aromatic rings. The first kappa shape index (κ1) is 13.9. The zero-order valence-electron chi connectivity index (χ0n) is 10.6. The molecule has 0 spiro atoms. The Balaban J connectivity index is 2.60. The molecule has 17 heavy (non-hydrogen) atoms. The minimum atomic E-state index is -0.811. The molecular weight excluding hydrogens is 220 g/mol. The second-order valence-electron chi connectivity index (χ2n) is 4.48. The predicted molar refractivity (Wildman–Crippen MR) is 64.6 cm³/mol. The van der Waals surface area contributed by atoms with Crippen LogP contribution in [0.1, 0.15) is 33.6 Å². The summed E-state index contributed by atoms with van der Waals surface area (Å²) in [6.07, 6.45) is 7.81. The average molecular weight is 240 g/mol.